The number of aliphatic hydroxyl groups excluding tert-OH is 2. The molecular formula is C16H24O8. The predicted molar refractivity (Wildman–Crippen MR) is 77.0 cm³/mol. The summed E-state index contributed by atoms with van der Waals surface area (Å²) in [4.78, 5) is 0. The van der Waals surface area contributed by atoms with Crippen LogP contribution in [0.25, 0.3) is 0 Å². The van der Waals surface area contributed by atoms with Crippen molar-refractivity contribution in [2.45, 2.75) is 87.1 Å². The maximum Gasteiger partial charge on any atom is 0.184 e. The van der Waals surface area contributed by atoms with Crippen molar-refractivity contribution in [1.29, 1.82) is 0 Å². The van der Waals surface area contributed by atoms with Crippen LogP contribution in [0.2, 0.25) is 0 Å². The molecule has 0 spiro atoms. The summed E-state index contributed by atoms with van der Waals surface area (Å²) >= 11 is 0. The molecule has 4 saturated heterocycles. The zero-order valence-corrected chi connectivity index (χ0v) is 13.4. The van der Waals surface area contributed by atoms with Crippen LogP contribution in [0.1, 0.15) is 25.7 Å². The molecule has 4 aliphatic heterocycles. The maximum atomic E-state index is 10.7. The van der Waals surface area contributed by atoms with Crippen molar-refractivity contribution in [3.8, 4) is 0 Å². The Morgan fingerprint density at radius 3 is 1.25 bits per heavy atom. The molecule has 0 aromatic rings. The van der Waals surface area contributed by atoms with Gasteiger partial charge in [-0.25, -0.2) is 0 Å². The van der Waals surface area contributed by atoms with E-state index < -0.39 is 49.2 Å². The Labute approximate surface area is 139 Å². The van der Waals surface area contributed by atoms with Gasteiger partial charge >= 0.3 is 0 Å². The summed E-state index contributed by atoms with van der Waals surface area (Å²) in [5, 5.41) is 21.4. The molecule has 4 unspecified atom stereocenters. The number of hydrogen-bond donors (Lipinski definition) is 2. The van der Waals surface area contributed by atoms with Gasteiger partial charge in [0.2, 0.25) is 0 Å². The summed E-state index contributed by atoms with van der Waals surface area (Å²) in [7, 11) is 0. The van der Waals surface area contributed by atoms with Gasteiger partial charge in [0, 0.05) is 13.2 Å². The van der Waals surface area contributed by atoms with E-state index >= 15 is 0 Å². The Balaban J connectivity index is 1.30. The first kappa shape index (κ1) is 15.9. The van der Waals surface area contributed by atoms with E-state index in [1.54, 1.807) is 0 Å². The largest absolute Gasteiger partial charge is 0.387 e. The summed E-state index contributed by atoms with van der Waals surface area (Å²) in [5.41, 5.74) is 0. The molecule has 0 amide bonds. The minimum atomic E-state index is -0.916. The Morgan fingerprint density at radius 2 is 0.958 bits per heavy atom. The fourth-order valence-corrected chi connectivity index (χ4v) is 4.45. The molecule has 1 aliphatic carbocycles. The van der Waals surface area contributed by atoms with Crippen molar-refractivity contribution < 1.29 is 38.6 Å². The molecular weight excluding hydrogens is 320 g/mol. The van der Waals surface area contributed by atoms with Gasteiger partial charge in [-0.05, 0) is 25.7 Å². The van der Waals surface area contributed by atoms with Gasteiger partial charge in [-0.15, -0.1) is 0 Å². The standard InChI is InChI=1S/C16H24O8/c17-9-11-12(22-15(21-11)7-3-1-5-19-7)10(18)14-13(9)23-16(24-14)8-4-2-6-20-8/h7-18H,1-6H2/t7?,8?,9-,10-,11-,12-,13-,14+,15?,16?/m0/s1. The van der Waals surface area contributed by atoms with Gasteiger partial charge < -0.3 is 38.6 Å². The topological polar surface area (TPSA) is 95.8 Å². The van der Waals surface area contributed by atoms with Crippen LogP contribution in [-0.2, 0) is 28.4 Å². The van der Waals surface area contributed by atoms with E-state index in [1.165, 1.54) is 0 Å². The van der Waals surface area contributed by atoms with Crippen molar-refractivity contribution in [2.75, 3.05) is 13.2 Å². The van der Waals surface area contributed by atoms with Crippen LogP contribution >= 0.6 is 0 Å². The van der Waals surface area contributed by atoms with Crippen LogP contribution in [0.4, 0.5) is 0 Å². The second-order valence-electron chi connectivity index (χ2n) is 7.22. The smallest absolute Gasteiger partial charge is 0.184 e. The lowest BCUT2D eigenvalue weighted by Gasteiger charge is -2.38. The monoisotopic (exact) mass is 344 g/mol. The highest BCUT2D eigenvalue weighted by Gasteiger charge is 2.61. The molecule has 24 heavy (non-hydrogen) atoms. The summed E-state index contributed by atoms with van der Waals surface area (Å²) in [6, 6.07) is 0. The van der Waals surface area contributed by atoms with Crippen LogP contribution in [0, 0.1) is 0 Å². The number of hydrogen-bond acceptors (Lipinski definition) is 8. The van der Waals surface area contributed by atoms with E-state index in [0.29, 0.717) is 13.2 Å². The quantitative estimate of drug-likeness (QED) is 0.679. The van der Waals surface area contributed by atoms with Crippen molar-refractivity contribution in [3.63, 3.8) is 0 Å². The van der Waals surface area contributed by atoms with Crippen LogP contribution in [-0.4, -0.2) is 84.8 Å². The lowest BCUT2D eigenvalue weighted by atomic mass is 9.85. The van der Waals surface area contributed by atoms with Gasteiger partial charge in [0.05, 0.1) is 0 Å². The summed E-state index contributed by atoms with van der Waals surface area (Å²) in [6.45, 7) is 1.38. The third kappa shape index (κ3) is 2.44. The average Bonchev–Trinajstić information content (AvgIpc) is 3.39. The lowest BCUT2D eigenvalue weighted by molar-refractivity contribution is -0.171. The first-order valence-electron chi connectivity index (χ1n) is 8.93. The molecule has 4 heterocycles. The SMILES string of the molecule is O[C@@H]1[C@H]2OC(C3CCCO3)O[C@H]2[C@@H](O)[C@@H]2OC(C3CCCO3)O[C@@H]12. The molecule has 0 aromatic heterocycles. The number of fused-ring (bicyclic) bond motifs is 2. The van der Waals surface area contributed by atoms with E-state index in [4.69, 9.17) is 28.4 Å². The lowest BCUT2D eigenvalue weighted by Crippen LogP contribution is -2.61. The van der Waals surface area contributed by atoms with Gasteiger partial charge in [-0.1, -0.05) is 0 Å². The third-order valence-electron chi connectivity index (χ3n) is 5.70. The van der Waals surface area contributed by atoms with E-state index in [0.717, 1.165) is 25.7 Å². The fourth-order valence-electron chi connectivity index (χ4n) is 4.45. The number of ether oxygens (including phenoxy) is 6. The van der Waals surface area contributed by atoms with E-state index in [2.05, 4.69) is 0 Å². The van der Waals surface area contributed by atoms with Crippen LogP contribution in [0.5, 0.6) is 0 Å². The zero-order valence-electron chi connectivity index (χ0n) is 13.4. The summed E-state index contributed by atoms with van der Waals surface area (Å²) < 4.78 is 34.7. The highest BCUT2D eigenvalue weighted by atomic mass is 16.8. The van der Waals surface area contributed by atoms with E-state index in [1.807, 2.05) is 0 Å². The molecule has 2 N–H and O–H groups in total. The van der Waals surface area contributed by atoms with Crippen LogP contribution < -0.4 is 0 Å². The van der Waals surface area contributed by atoms with Crippen molar-refractivity contribution in [2.24, 2.45) is 0 Å². The first-order valence-corrected chi connectivity index (χ1v) is 8.93. The van der Waals surface area contributed by atoms with Crippen LogP contribution in [0.3, 0.4) is 0 Å². The molecule has 0 bridgehead atoms. The minimum absolute atomic E-state index is 0.142. The summed E-state index contributed by atoms with van der Waals surface area (Å²) in [6.07, 6.45) is -2.12. The van der Waals surface area contributed by atoms with Crippen molar-refractivity contribution in [3.05, 3.63) is 0 Å². The van der Waals surface area contributed by atoms with Gasteiger partial charge in [0.15, 0.2) is 12.6 Å². The molecule has 5 fully saturated rings. The fraction of sp³-hybridized carbons (Fsp3) is 1.00. The third-order valence-corrected chi connectivity index (χ3v) is 5.70. The average molecular weight is 344 g/mol. The second-order valence-corrected chi connectivity index (χ2v) is 7.22. The molecule has 1 saturated carbocycles. The molecule has 0 aromatic carbocycles. The Hall–Kier alpha value is -0.320. The number of rotatable bonds is 2. The van der Waals surface area contributed by atoms with E-state index in [9.17, 15) is 10.2 Å². The van der Waals surface area contributed by atoms with Crippen molar-refractivity contribution in [1.82, 2.24) is 0 Å². The molecule has 0 radical (unpaired) electrons. The predicted octanol–water partition coefficient (Wildman–Crippen LogP) is -0.700. The van der Waals surface area contributed by atoms with Gasteiger partial charge in [0.1, 0.15) is 48.8 Å². The van der Waals surface area contributed by atoms with Crippen LogP contribution in [0.15, 0.2) is 0 Å². The molecule has 136 valence electrons. The Kier molecular flexibility index (Phi) is 4.06. The second kappa shape index (κ2) is 6.14. The normalized spacial score (nSPS) is 57.2. The molecule has 5 rings (SSSR count). The highest BCUT2D eigenvalue weighted by Crippen LogP contribution is 2.42. The summed E-state index contributed by atoms with van der Waals surface area (Å²) in [5.74, 6) is 0. The zero-order chi connectivity index (χ0) is 16.3. The maximum absolute atomic E-state index is 10.7. The number of aliphatic hydroxyl groups is 2. The first-order chi connectivity index (χ1) is 11.7. The molecule has 8 heteroatoms. The van der Waals surface area contributed by atoms with Gasteiger partial charge in [-0.3, -0.25) is 0 Å². The highest BCUT2D eigenvalue weighted by molar-refractivity contribution is 5.06. The Morgan fingerprint density at radius 1 is 0.583 bits per heavy atom. The molecule has 10 atom stereocenters. The van der Waals surface area contributed by atoms with Gasteiger partial charge in [0.25, 0.3) is 0 Å². The van der Waals surface area contributed by atoms with Crippen molar-refractivity contribution >= 4 is 0 Å². The Bertz CT molecular complexity index is 397. The minimum Gasteiger partial charge on any atom is -0.387 e. The molecule has 8 nitrogen and oxygen atoms in total. The van der Waals surface area contributed by atoms with Gasteiger partial charge in [-0.2, -0.15) is 0 Å². The molecule has 5 aliphatic rings. The van der Waals surface area contributed by atoms with E-state index in [-0.39, 0.29) is 12.2 Å².